The third-order valence-corrected chi connectivity index (χ3v) is 9.63. The minimum absolute atomic E-state index is 0.0167. The number of anilines is 1. The van der Waals surface area contributed by atoms with E-state index < -0.39 is 17.4 Å². The molecule has 240 valence electrons. The van der Waals surface area contributed by atoms with Crippen LogP contribution in [0.3, 0.4) is 0 Å². The molecule has 4 atom stereocenters. The van der Waals surface area contributed by atoms with Crippen molar-refractivity contribution in [3.63, 3.8) is 0 Å². The first kappa shape index (κ1) is 31.5. The summed E-state index contributed by atoms with van der Waals surface area (Å²) < 4.78 is 5.86. The van der Waals surface area contributed by atoms with E-state index in [0.717, 1.165) is 28.9 Å². The highest BCUT2D eigenvalue weighted by atomic mass is 16.5. The summed E-state index contributed by atoms with van der Waals surface area (Å²) in [7, 11) is 2.02. The van der Waals surface area contributed by atoms with Gasteiger partial charge < -0.3 is 30.7 Å². The second-order valence-corrected chi connectivity index (χ2v) is 12.6. The summed E-state index contributed by atoms with van der Waals surface area (Å²) >= 11 is 0. The van der Waals surface area contributed by atoms with Crippen molar-refractivity contribution in [2.24, 2.45) is 5.73 Å². The van der Waals surface area contributed by atoms with Gasteiger partial charge in [0.25, 0.3) is 0 Å². The van der Waals surface area contributed by atoms with Gasteiger partial charge in [0, 0.05) is 61.7 Å². The van der Waals surface area contributed by atoms with E-state index in [1.165, 1.54) is 11.8 Å². The number of nitrogens with zero attached hydrogens (tertiary/aromatic N) is 4. The number of likely N-dealkylation sites (tertiary alicyclic amines) is 1. The van der Waals surface area contributed by atoms with Gasteiger partial charge in [0.1, 0.15) is 5.82 Å². The highest BCUT2D eigenvalue weighted by molar-refractivity contribution is 6.06. The molecular weight excluding hydrogens is 584 g/mol. The summed E-state index contributed by atoms with van der Waals surface area (Å²) in [5, 5.41) is 12.3. The van der Waals surface area contributed by atoms with Crippen molar-refractivity contribution in [3.8, 4) is 0 Å². The third-order valence-electron chi connectivity index (χ3n) is 9.63. The summed E-state index contributed by atoms with van der Waals surface area (Å²) in [4.78, 5) is 50.4. The molecule has 2 aliphatic heterocycles. The number of fused-ring (bicyclic) bond motifs is 3. The van der Waals surface area contributed by atoms with E-state index in [1.807, 2.05) is 48.4 Å². The molecule has 11 heteroatoms. The Bertz CT molecular complexity index is 1660. The fraction of sp³-hybridized carbons (Fsp3) is 0.400. The van der Waals surface area contributed by atoms with Gasteiger partial charge in [-0.05, 0) is 55.6 Å². The lowest BCUT2D eigenvalue weighted by Gasteiger charge is -2.42. The first-order chi connectivity index (χ1) is 22.2. The molecule has 1 aliphatic carbocycles. The number of nitrogens with two attached hydrogens (primary N) is 1. The Morgan fingerprint density at radius 2 is 1.98 bits per heavy atom. The van der Waals surface area contributed by atoms with Crippen LogP contribution in [-0.2, 0) is 32.6 Å². The molecule has 0 radical (unpaired) electrons. The van der Waals surface area contributed by atoms with Crippen molar-refractivity contribution in [1.82, 2.24) is 19.8 Å². The number of piperidine rings is 1. The van der Waals surface area contributed by atoms with Gasteiger partial charge in [-0.25, -0.2) is 9.78 Å². The van der Waals surface area contributed by atoms with Crippen LogP contribution in [0.15, 0.2) is 60.9 Å². The number of likely N-dealkylation sites (N-methyl/N-ethyl adjacent to an activating group) is 1. The van der Waals surface area contributed by atoms with E-state index in [2.05, 4.69) is 39.2 Å². The predicted molar refractivity (Wildman–Crippen MR) is 173 cm³/mol. The zero-order chi connectivity index (χ0) is 32.4. The Balaban J connectivity index is 0.983. The highest BCUT2D eigenvalue weighted by Gasteiger charge is 2.52. The number of nitrogens with one attached hydrogen (secondary N) is 1. The van der Waals surface area contributed by atoms with Crippen LogP contribution in [0.25, 0.3) is 6.08 Å². The van der Waals surface area contributed by atoms with Crippen molar-refractivity contribution in [2.45, 2.75) is 49.6 Å². The van der Waals surface area contributed by atoms with Gasteiger partial charge >= 0.3 is 5.97 Å². The van der Waals surface area contributed by atoms with Crippen molar-refractivity contribution >= 4 is 29.7 Å². The van der Waals surface area contributed by atoms with Crippen LogP contribution in [0.5, 0.6) is 0 Å². The Morgan fingerprint density at radius 3 is 2.76 bits per heavy atom. The molecule has 3 aliphatic rings. The number of hydrogen-bond acceptors (Lipinski definition) is 8. The van der Waals surface area contributed by atoms with Crippen LogP contribution >= 0.6 is 0 Å². The average Bonchev–Trinajstić information content (AvgIpc) is 3.57. The summed E-state index contributed by atoms with van der Waals surface area (Å²) in [5.41, 5.74) is 9.91. The van der Waals surface area contributed by atoms with Crippen LogP contribution in [0, 0.1) is 0 Å². The number of carboxylic acids is 1. The van der Waals surface area contributed by atoms with Crippen molar-refractivity contribution < 1.29 is 24.2 Å². The standard InChI is InChI=1S/C35H40N6O5/c1-22-27(24-8-4-3-5-9-24)17-29(36)32(42)41(22)11-10-40(2)12-14-46-13-6-7-23-15-28-31(38-20-23)39-34(45)35(28)18-25-16-26(33(43)44)21-37-30(25)19-35/h3-9,15-16,20-22,27,29H,10-14,17-19,36H2,1-2H3,(H,43,44)(H,38,39,45)/b7-6+. The molecule has 0 saturated carbocycles. The molecule has 2 amide bonds. The Labute approximate surface area is 268 Å². The van der Waals surface area contributed by atoms with Gasteiger partial charge in [-0.3, -0.25) is 14.6 Å². The molecule has 46 heavy (non-hydrogen) atoms. The molecule has 1 fully saturated rings. The normalized spacial score (nSPS) is 23.7. The lowest BCUT2D eigenvalue weighted by atomic mass is 9.79. The maximum atomic E-state index is 13.1. The molecule has 4 N–H and O–H groups in total. The summed E-state index contributed by atoms with van der Waals surface area (Å²) in [5.74, 6) is -0.414. The quantitative estimate of drug-likeness (QED) is 0.274. The van der Waals surface area contributed by atoms with E-state index in [4.69, 9.17) is 10.5 Å². The second-order valence-electron chi connectivity index (χ2n) is 12.6. The van der Waals surface area contributed by atoms with Gasteiger partial charge in [0.05, 0.1) is 30.2 Å². The van der Waals surface area contributed by atoms with Crippen molar-refractivity contribution in [1.29, 1.82) is 0 Å². The molecule has 0 bridgehead atoms. The first-order valence-corrected chi connectivity index (χ1v) is 15.7. The maximum absolute atomic E-state index is 13.1. The number of pyridine rings is 2. The van der Waals surface area contributed by atoms with Crippen molar-refractivity contribution in [3.05, 3.63) is 94.4 Å². The fourth-order valence-electron chi connectivity index (χ4n) is 6.96. The minimum atomic E-state index is -1.04. The molecular formula is C35H40N6O5. The third kappa shape index (κ3) is 6.18. The van der Waals surface area contributed by atoms with Crippen LogP contribution in [0.1, 0.15) is 57.6 Å². The molecule has 4 unspecified atom stereocenters. The van der Waals surface area contributed by atoms with E-state index in [1.54, 1.807) is 12.3 Å². The SMILES string of the molecule is CC1C(c2ccccc2)CC(N)C(=O)N1CCN(C)CCOC/C=C/c1cnc2c(c1)C1(Cc3cc(C(=O)O)cnc3C1)C(=O)N2. The van der Waals surface area contributed by atoms with Crippen LogP contribution in [0.2, 0.25) is 0 Å². The van der Waals surface area contributed by atoms with E-state index in [-0.39, 0.29) is 29.3 Å². The molecule has 1 spiro atoms. The average molecular weight is 625 g/mol. The van der Waals surface area contributed by atoms with Gasteiger partial charge in [0.2, 0.25) is 11.8 Å². The topological polar surface area (TPSA) is 151 Å². The van der Waals surface area contributed by atoms with Crippen LogP contribution in [-0.4, -0.2) is 94.6 Å². The Hall–Kier alpha value is -4.45. The van der Waals surface area contributed by atoms with Gasteiger partial charge in [-0.1, -0.05) is 42.5 Å². The number of aromatic nitrogens is 2. The number of ether oxygens (including phenoxy) is 1. The van der Waals surface area contributed by atoms with Crippen LogP contribution < -0.4 is 11.1 Å². The summed E-state index contributed by atoms with van der Waals surface area (Å²) in [6.45, 7) is 5.10. The van der Waals surface area contributed by atoms with Crippen molar-refractivity contribution in [2.75, 3.05) is 45.2 Å². The molecule has 11 nitrogen and oxygen atoms in total. The number of carbonyl (C=O) groups excluding carboxylic acids is 2. The van der Waals surface area contributed by atoms with Gasteiger partial charge in [-0.15, -0.1) is 0 Å². The number of carbonyl (C=O) groups is 3. The molecule has 1 aromatic carbocycles. The monoisotopic (exact) mass is 624 g/mol. The van der Waals surface area contributed by atoms with Crippen LogP contribution in [0.4, 0.5) is 5.82 Å². The van der Waals surface area contributed by atoms with E-state index >= 15 is 0 Å². The zero-order valence-corrected chi connectivity index (χ0v) is 26.2. The van der Waals surface area contributed by atoms with E-state index in [0.29, 0.717) is 51.4 Å². The number of aromatic carboxylic acids is 1. The minimum Gasteiger partial charge on any atom is -0.478 e. The van der Waals surface area contributed by atoms with Gasteiger partial charge in [-0.2, -0.15) is 0 Å². The number of benzene rings is 1. The fourth-order valence-corrected chi connectivity index (χ4v) is 6.96. The predicted octanol–water partition coefficient (Wildman–Crippen LogP) is 2.86. The van der Waals surface area contributed by atoms with Gasteiger partial charge in [0.15, 0.2) is 0 Å². The lowest BCUT2D eigenvalue weighted by Crippen LogP contribution is -2.56. The number of amides is 2. The first-order valence-electron chi connectivity index (χ1n) is 15.7. The summed E-state index contributed by atoms with van der Waals surface area (Å²) in [6.07, 6.45) is 8.34. The van der Waals surface area contributed by atoms with E-state index in [9.17, 15) is 19.5 Å². The largest absolute Gasteiger partial charge is 0.478 e. The molecule has 1 saturated heterocycles. The highest BCUT2D eigenvalue weighted by Crippen LogP contribution is 2.46. The Kier molecular flexibility index (Phi) is 8.99. The second kappa shape index (κ2) is 13.1. The molecule has 2 aromatic heterocycles. The molecule has 6 rings (SSSR count). The Morgan fingerprint density at radius 1 is 1.17 bits per heavy atom. The smallest absolute Gasteiger partial charge is 0.337 e. The molecule has 4 heterocycles. The molecule has 3 aromatic rings. The zero-order valence-electron chi connectivity index (χ0n) is 26.2. The summed E-state index contributed by atoms with van der Waals surface area (Å²) in [6, 6.07) is 13.5. The number of hydrogen-bond donors (Lipinski definition) is 3. The maximum Gasteiger partial charge on any atom is 0.337 e. The lowest BCUT2D eigenvalue weighted by molar-refractivity contribution is -0.138. The number of carboxylic acid groups (broad SMARTS) is 1. The number of rotatable bonds is 11.